The van der Waals surface area contributed by atoms with Gasteiger partial charge < -0.3 is 18.9 Å². The predicted octanol–water partition coefficient (Wildman–Crippen LogP) is 5.91. The maximum absolute atomic E-state index is 12.0. The first kappa shape index (κ1) is 26.1. The van der Waals surface area contributed by atoms with Gasteiger partial charge in [-0.1, -0.05) is 27.7 Å². The number of esters is 2. The van der Waals surface area contributed by atoms with Crippen LogP contribution in [0.4, 0.5) is 0 Å². The highest BCUT2D eigenvalue weighted by molar-refractivity contribution is 5.67. The van der Waals surface area contributed by atoms with E-state index in [9.17, 15) is 9.59 Å². The molecule has 4 aliphatic carbocycles. The van der Waals surface area contributed by atoms with Crippen LogP contribution in [0.1, 0.15) is 99.3 Å². The molecule has 1 spiro atoms. The van der Waals surface area contributed by atoms with Crippen molar-refractivity contribution < 1.29 is 28.5 Å². The molecule has 6 aliphatic rings. The van der Waals surface area contributed by atoms with E-state index in [1.54, 1.807) is 0 Å². The molecule has 2 saturated heterocycles. The number of hydrogen-bond donors (Lipinski definition) is 0. The molecule has 0 radical (unpaired) electrons. The molecule has 0 unspecified atom stereocenters. The first-order chi connectivity index (χ1) is 17.5. The summed E-state index contributed by atoms with van der Waals surface area (Å²) in [7, 11) is 0. The molecule has 0 aromatic heterocycles. The van der Waals surface area contributed by atoms with Gasteiger partial charge in [0.05, 0.1) is 12.7 Å². The van der Waals surface area contributed by atoms with Crippen LogP contribution in [0, 0.1) is 52.3 Å². The minimum Gasteiger partial charge on any atom is -0.459 e. The van der Waals surface area contributed by atoms with Gasteiger partial charge in [0.1, 0.15) is 12.2 Å². The third kappa shape index (κ3) is 3.93. The molecule has 4 saturated carbocycles. The Morgan fingerprint density at radius 1 is 0.838 bits per heavy atom. The number of carbonyl (C=O) groups excluding carboxylic acids is 2. The molecule has 0 N–H and O–H groups in total. The minimum atomic E-state index is -0.358. The summed E-state index contributed by atoms with van der Waals surface area (Å²) in [6.07, 6.45) is 9.57. The van der Waals surface area contributed by atoms with Crippen LogP contribution in [-0.2, 0) is 28.5 Å². The van der Waals surface area contributed by atoms with Crippen LogP contribution in [0.25, 0.3) is 0 Å². The molecule has 13 atom stereocenters. The van der Waals surface area contributed by atoms with Gasteiger partial charge in [-0.15, -0.1) is 0 Å². The topological polar surface area (TPSA) is 71.1 Å². The summed E-state index contributed by atoms with van der Waals surface area (Å²) in [5.74, 6) is 3.21. The van der Waals surface area contributed by atoms with Gasteiger partial charge >= 0.3 is 11.9 Å². The van der Waals surface area contributed by atoms with Gasteiger partial charge in [0.15, 0.2) is 5.79 Å². The van der Waals surface area contributed by atoms with Crippen molar-refractivity contribution in [1.29, 1.82) is 0 Å². The fraction of sp³-hybridized carbons (Fsp3) is 0.935. The van der Waals surface area contributed by atoms with Gasteiger partial charge in [-0.3, -0.25) is 9.59 Å². The molecular weight excluding hydrogens is 468 g/mol. The first-order valence-electron chi connectivity index (χ1n) is 15.1. The zero-order chi connectivity index (χ0) is 26.3. The highest BCUT2D eigenvalue weighted by Crippen LogP contribution is 2.71. The molecule has 6 rings (SSSR count). The van der Waals surface area contributed by atoms with Crippen LogP contribution in [0.15, 0.2) is 0 Å². The average Bonchev–Trinajstić information content (AvgIpc) is 3.26. The molecule has 6 heteroatoms. The smallest absolute Gasteiger partial charge is 0.303 e. The summed E-state index contributed by atoms with van der Waals surface area (Å²) in [6.45, 7) is 13.5. The fourth-order valence-electron chi connectivity index (χ4n) is 10.9. The number of rotatable bonds is 2. The average molecular weight is 517 g/mol. The monoisotopic (exact) mass is 516 g/mol. The molecule has 6 nitrogen and oxygen atoms in total. The maximum Gasteiger partial charge on any atom is 0.303 e. The molecule has 6 fully saturated rings. The van der Waals surface area contributed by atoms with Crippen LogP contribution < -0.4 is 0 Å². The normalized spacial score (nSPS) is 54.5. The standard InChI is InChI=1S/C31H48O6/c1-17-9-12-31(34-16-17)18(2)28-26(37-31)14-24-22-8-7-21-13-25(35-19(3)32)27(36-20(4)33)15-30(21,6)23(22)10-11-29(24,28)5/h17-18,21-28H,7-16H2,1-6H3/t17-,18-,21+,22-,23-,24-,25-,26-,27+,28-,29-,30-,31+/m0/s1. The van der Waals surface area contributed by atoms with Crippen molar-refractivity contribution in [3.05, 3.63) is 0 Å². The molecule has 0 amide bonds. The number of ether oxygens (including phenoxy) is 4. The van der Waals surface area contributed by atoms with Crippen molar-refractivity contribution >= 4 is 11.9 Å². The van der Waals surface area contributed by atoms with E-state index in [1.807, 2.05) is 0 Å². The Morgan fingerprint density at radius 2 is 1.57 bits per heavy atom. The Hall–Kier alpha value is -1.14. The van der Waals surface area contributed by atoms with E-state index in [0.29, 0.717) is 52.9 Å². The maximum atomic E-state index is 12.0. The van der Waals surface area contributed by atoms with E-state index in [1.165, 1.54) is 46.0 Å². The quantitative estimate of drug-likeness (QED) is 0.425. The summed E-state index contributed by atoms with van der Waals surface area (Å²) in [6, 6.07) is 0. The summed E-state index contributed by atoms with van der Waals surface area (Å²) in [5, 5.41) is 0. The third-order valence-electron chi connectivity index (χ3n) is 12.5. The minimum absolute atomic E-state index is 0.106. The van der Waals surface area contributed by atoms with Gasteiger partial charge in [0, 0.05) is 26.2 Å². The predicted molar refractivity (Wildman–Crippen MR) is 138 cm³/mol. The Morgan fingerprint density at radius 3 is 2.24 bits per heavy atom. The molecule has 208 valence electrons. The second-order valence-electron chi connectivity index (χ2n) is 14.4. The van der Waals surface area contributed by atoms with Crippen molar-refractivity contribution in [3.8, 4) is 0 Å². The van der Waals surface area contributed by atoms with Gasteiger partial charge in [-0.25, -0.2) is 0 Å². The lowest BCUT2D eigenvalue weighted by Gasteiger charge is -2.62. The summed E-state index contributed by atoms with van der Waals surface area (Å²) >= 11 is 0. The lowest BCUT2D eigenvalue weighted by atomic mass is 9.44. The van der Waals surface area contributed by atoms with E-state index in [4.69, 9.17) is 18.9 Å². The Kier molecular flexibility index (Phi) is 6.31. The summed E-state index contributed by atoms with van der Waals surface area (Å²) in [4.78, 5) is 23.8. The Bertz CT molecular complexity index is 925. The molecule has 0 aromatic rings. The van der Waals surface area contributed by atoms with Crippen molar-refractivity contribution in [1.82, 2.24) is 0 Å². The van der Waals surface area contributed by atoms with Crippen molar-refractivity contribution in [2.24, 2.45) is 52.3 Å². The first-order valence-corrected chi connectivity index (χ1v) is 15.1. The molecule has 2 heterocycles. The second-order valence-corrected chi connectivity index (χ2v) is 14.4. The molecular formula is C31H48O6. The highest BCUT2D eigenvalue weighted by atomic mass is 16.7. The van der Waals surface area contributed by atoms with Gasteiger partial charge in [0.25, 0.3) is 0 Å². The number of fused-ring (bicyclic) bond motifs is 7. The molecule has 37 heavy (non-hydrogen) atoms. The van der Waals surface area contributed by atoms with Gasteiger partial charge in [-0.05, 0) is 97.7 Å². The zero-order valence-electron chi connectivity index (χ0n) is 23.8. The van der Waals surface area contributed by atoms with E-state index < -0.39 is 0 Å². The number of carbonyl (C=O) groups is 2. The van der Waals surface area contributed by atoms with Crippen LogP contribution in [0.5, 0.6) is 0 Å². The van der Waals surface area contributed by atoms with Crippen LogP contribution in [-0.4, -0.2) is 42.6 Å². The van der Waals surface area contributed by atoms with E-state index >= 15 is 0 Å². The van der Waals surface area contributed by atoms with Crippen molar-refractivity contribution in [3.63, 3.8) is 0 Å². The van der Waals surface area contributed by atoms with Crippen LogP contribution in [0.3, 0.4) is 0 Å². The summed E-state index contributed by atoms with van der Waals surface area (Å²) in [5.41, 5.74) is 0.406. The molecule has 0 aromatic carbocycles. The van der Waals surface area contributed by atoms with Crippen LogP contribution >= 0.6 is 0 Å². The van der Waals surface area contributed by atoms with E-state index in [-0.39, 0.29) is 35.3 Å². The largest absolute Gasteiger partial charge is 0.459 e. The third-order valence-corrected chi connectivity index (χ3v) is 12.5. The SMILES string of the molecule is CC(=O)O[C@H]1C[C@H]2CC[C@H]3[C@H](CC[C@]4(C)[C@@H]5[C@H](C[C@@H]34)O[C@]3(CC[C@H](C)CO3)[C@H]5C)[C@@]2(C)C[C@H]1OC(C)=O. The second kappa shape index (κ2) is 8.94. The van der Waals surface area contributed by atoms with Gasteiger partial charge in [0.2, 0.25) is 0 Å². The lowest BCUT2D eigenvalue weighted by Crippen LogP contribution is -2.58. The molecule has 0 bridgehead atoms. The highest BCUT2D eigenvalue weighted by Gasteiger charge is 2.69. The summed E-state index contributed by atoms with van der Waals surface area (Å²) < 4.78 is 24.9. The van der Waals surface area contributed by atoms with Crippen molar-refractivity contribution in [2.75, 3.05) is 6.61 Å². The lowest BCUT2D eigenvalue weighted by molar-refractivity contribution is -0.273. The Labute approximate surface area is 222 Å². The van der Waals surface area contributed by atoms with Crippen molar-refractivity contribution in [2.45, 2.75) is 123 Å². The van der Waals surface area contributed by atoms with E-state index in [0.717, 1.165) is 32.3 Å². The van der Waals surface area contributed by atoms with Crippen LogP contribution in [0.2, 0.25) is 0 Å². The Balaban J connectivity index is 1.23. The zero-order valence-corrected chi connectivity index (χ0v) is 23.8. The number of hydrogen-bond acceptors (Lipinski definition) is 6. The fourth-order valence-corrected chi connectivity index (χ4v) is 10.9. The van der Waals surface area contributed by atoms with Gasteiger partial charge in [-0.2, -0.15) is 0 Å². The molecule has 2 aliphatic heterocycles. The van der Waals surface area contributed by atoms with E-state index in [2.05, 4.69) is 27.7 Å².